The van der Waals surface area contributed by atoms with E-state index in [1.165, 1.54) is 6.39 Å². The van der Waals surface area contributed by atoms with Gasteiger partial charge in [-0.05, 0) is 30.5 Å². The molecular weight excluding hydrogens is 242 g/mol. The number of benzene rings is 1. The topological polar surface area (TPSA) is 72.4 Å². The van der Waals surface area contributed by atoms with Crippen LogP contribution < -0.4 is 5.73 Å². The van der Waals surface area contributed by atoms with E-state index in [0.717, 1.165) is 37.0 Å². The molecule has 1 aromatic carbocycles. The van der Waals surface area contributed by atoms with Crippen molar-refractivity contribution < 1.29 is 9.21 Å². The minimum Gasteiger partial charge on any atom is -0.443 e. The first-order valence-corrected chi connectivity index (χ1v) is 6.60. The second-order valence-corrected chi connectivity index (χ2v) is 4.98. The fourth-order valence-electron chi connectivity index (χ4n) is 2.50. The standard InChI is InChI=1S/C14H17N3O2/c15-11(8-14(18)17-5-1-2-6-17)10-3-4-12-13(7-10)19-9-16-12/h3-4,7,9,11H,1-2,5-6,8,15H2. The summed E-state index contributed by atoms with van der Waals surface area (Å²) in [6.45, 7) is 1.74. The Morgan fingerprint density at radius 2 is 2.21 bits per heavy atom. The zero-order valence-corrected chi connectivity index (χ0v) is 10.7. The molecule has 1 fully saturated rings. The van der Waals surface area contributed by atoms with Crippen molar-refractivity contribution in [3.05, 3.63) is 30.2 Å². The Morgan fingerprint density at radius 1 is 1.42 bits per heavy atom. The average molecular weight is 259 g/mol. The highest BCUT2D eigenvalue weighted by atomic mass is 16.3. The fraction of sp³-hybridized carbons (Fsp3) is 0.429. The van der Waals surface area contributed by atoms with Crippen LogP contribution in [0.25, 0.3) is 11.1 Å². The van der Waals surface area contributed by atoms with Gasteiger partial charge in [-0.2, -0.15) is 0 Å². The van der Waals surface area contributed by atoms with Crippen LogP contribution in [0.1, 0.15) is 30.9 Å². The van der Waals surface area contributed by atoms with Crippen LogP contribution in [0.15, 0.2) is 29.0 Å². The van der Waals surface area contributed by atoms with E-state index >= 15 is 0 Å². The molecule has 1 amide bonds. The van der Waals surface area contributed by atoms with Crippen molar-refractivity contribution in [3.8, 4) is 0 Å². The number of carbonyl (C=O) groups is 1. The molecule has 3 rings (SSSR count). The summed E-state index contributed by atoms with van der Waals surface area (Å²) in [7, 11) is 0. The smallest absolute Gasteiger partial charge is 0.224 e. The highest BCUT2D eigenvalue weighted by Gasteiger charge is 2.21. The van der Waals surface area contributed by atoms with Crippen molar-refractivity contribution in [2.75, 3.05) is 13.1 Å². The van der Waals surface area contributed by atoms with E-state index in [2.05, 4.69) is 4.98 Å². The molecule has 5 nitrogen and oxygen atoms in total. The Labute approximate surface area is 111 Å². The Hall–Kier alpha value is -1.88. The maximum absolute atomic E-state index is 12.1. The van der Waals surface area contributed by atoms with Gasteiger partial charge in [0.15, 0.2) is 12.0 Å². The highest BCUT2D eigenvalue weighted by Crippen LogP contribution is 2.21. The molecule has 1 unspecified atom stereocenters. The second kappa shape index (κ2) is 5.01. The molecule has 0 aliphatic carbocycles. The summed E-state index contributed by atoms with van der Waals surface area (Å²) >= 11 is 0. The van der Waals surface area contributed by atoms with Crippen LogP contribution in [0, 0.1) is 0 Å². The lowest BCUT2D eigenvalue weighted by Gasteiger charge is -2.18. The molecule has 0 bridgehead atoms. The number of hydrogen-bond donors (Lipinski definition) is 1. The Bertz CT molecular complexity index is 587. The largest absolute Gasteiger partial charge is 0.443 e. The van der Waals surface area contributed by atoms with Crippen LogP contribution >= 0.6 is 0 Å². The molecule has 19 heavy (non-hydrogen) atoms. The van der Waals surface area contributed by atoms with Gasteiger partial charge >= 0.3 is 0 Å². The lowest BCUT2D eigenvalue weighted by atomic mass is 10.0. The first-order chi connectivity index (χ1) is 9.24. The number of hydrogen-bond acceptors (Lipinski definition) is 4. The minimum atomic E-state index is -0.289. The second-order valence-electron chi connectivity index (χ2n) is 4.98. The third-order valence-corrected chi connectivity index (χ3v) is 3.64. The maximum Gasteiger partial charge on any atom is 0.224 e. The van der Waals surface area contributed by atoms with E-state index < -0.39 is 0 Å². The molecule has 1 aliphatic heterocycles. The van der Waals surface area contributed by atoms with Gasteiger partial charge in [-0.1, -0.05) is 6.07 Å². The molecule has 0 radical (unpaired) electrons. The molecular formula is C14H17N3O2. The van der Waals surface area contributed by atoms with Crippen LogP contribution in [-0.4, -0.2) is 28.9 Å². The first kappa shape index (κ1) is 12.2. The summed E-state index contributed by atoms with van der Waals surface area (Å²) < 4.78 is 5.25. The predicted octanol–water partition coefficient (Wildman–Crippen LogP) is 1.84. The lowest BCUT2D eigenvalue weighted by Crippen LogP contribution is -2.30. The number of likely N-dealkylation sites (tertiary alicyclic amines) is 1. The molecule has 2 aromatic rings. The van der Waals surface area contributed by atoms with Gasteiger partial charge in [0.05, 0.1) is 0 Å². The summed E-state index contributed by atoms with van der Waals surface area (Å²) in [5.41, 5.74) is 8.54. The summed E-state index contributed by atoms with van der Waals surface area (Å²) in [4.78, 5) is 18.0. The zero-order chi connectivity index (χ0) is 13.2. The fourth-order valence-corrected chi connectivity index (χ4v) is 2.50. The van der Waals surface area contributed by atoms with Gasteiger partial charge in [-0.15, -0.1) is 0 Å². The molecule has 0 saturated carbocycles. The van der Waals surface area contributed by atoms with Crippen molar-refractivity contribution in [2.45, 2.75) is 25.3 Å². The van der Waals surface area contributed by atoms with Crippen LogP contribution in [0.5, 0.6) is 0 Å². The Kier molecular flexibility index (Phi) is 3.21. The van der Waals surface area contributed by atoms with E-state index in [1.54, 1.807) is 0 Å². The minimum absolute atomic E-state index is 0.141. The Balaban J connectivity index is 1.71. The van der Waals surface area contributed by atoms with Crippen molar-refractivity contribution in [1.82, 2.24) is 9.88 Å². The zero-order valence-electron chi connectivity index (χ0n) is 10.7. The third-order valence-electron chi connectivity index (χ3n) is 3.64. The molecule has 0 spiro atoms. The average Bonchev–Trinajstić information content (AvgIpc) is 3.09. The summed E-state index contributed by atoms with van der Waals surface area (Å²) in [6, 6.07) is 5.35. The predicted molar refractivity (Wildman–Crippen MR) is 71.4 cm³/mol. The van der Waals surface area contributed by atoms with Crippen LogP contribution in [0.4, 0.5) is 0 Å². The molecule has 2 heterocycles. The number of amides is 1. The quantitative estimate of drug-likeness (QED) is 0.912. The molecule has 5 heteroatoms. The molecule has 1 aliphatic rings. The van der Waals surface area contributed by atoms with Crippen molar-refractivity contribution >= 4 is 17.0 Å². The number of oxazole rings is 1. The van der Waals surface area contributed by atoms with Gasteiger partial charge in [0.2, 0.25) is 5.91 Å². The normalized spacial score (nSPS) is 17.0. The van der Waals surface area contributed by atoms with E-state index in [4.69, 9.17) is 10.2 Å². The molecule has 1 saturated heterocycles. The van der Waals surface area contributed by atoms with Gasteiger partial charge in [-0.3, -0.25) is 4.79 Å². The van der Waals surface area contributed by atoms with Gasteiger partial charge in [0.1, 0.15) is 5.52 Å². The summed E-state index contributed by atoms with van der Waals surface area (Å²) in [6.07, 6.45) is 3.96. The van der Waals surface area contributed by atoms with E-state index in [1.807, 2.05) is 23.1 Å². The maximum atomic E-state index is 12.1. The number of rotatable bonds is 3. The van der Waals surface area contributed by atoms with Crippen molar-refractivity contribution in [2.24, 2.45) is 5.73 Å². The molecule has 1 aromatic heterocycles. The van der Waals surface area contributed by atoms with Crippen LogP contribution in [0.2, 0.25) is 0 Å². The van der Waals surface area contributed by atoms with Gasteiger partial charge in [0.25, 0.3) is 0 Å². The van der Waals surface area contributed by atoms with Crippen LogP contribution in [0.3, 0.4) is 0 Å². The van der Waals surface area contributed by atoms with E-state index in [9.17, 15) is 4.79 Å². The van der Waals surface area contributed by atoms with Gasteiger partial charge < -0.3 is 15.1 Å². The SMILES string of the molecule is NC(CC(=O)N1CCCC1)c1ccc2ncoc2c1. The van der Waals surface area contributed by atoms with Crippen molar-refractivity contribution in [3.63, 3.8) is 0 Å². The summed E-state index contributed by atoms with van der Waals surface area (Å²) in [5.74, 6) is 0.141. The number of nitrogens with zero attached hydrogens (tertiary/aromatic N) is 2. The third kappa shape index (κ3) is 2.46. The number of aromatic nitrogens is 1. The molecule has 100 valence electrons. The van der Waals surface area contributed by atoms with Gasteiger partial charge in [-0.25, -0.2) is 4.98 Å². The molecule has 1 atom stereocenters. The molecule has 2 N–H and O–H groups in total. The number of carbonyl (C=O) groups excluding carboxylic acids is 1. The number of nitrogens with two attached hydrogens (primary N) is 1. The highest BCUT2D eigenvalue weighted by molar-refractivity contribution is 5.78. The summed E-state index contributed by atoms with van der Waals surface area (Å²) in [5, 5.41) is 0. The Morgan fingerprint density at radius 3 is 3.00 bits per heavy atom. The first-order valence-electron chi connectivity index (χ1n) is 6.60. The van der Waals surface area contributed by atoms with Crippen molar-refractivity contribution in [1.29, 1.82) is 0 Å². The van der Waals surface area contributed by atoms with Gasteiger partial charge in [0, 0.05) is 25.6 Å². The van der Waals surface area contributed by atoms with E-state index in [-0.39, 0.29) is 11.9 Å². The lowest BCUT2D eigenvalue weighted by molar-refractivity contribution is -0.130. The van der Waals surface area contributed by atoms with Crippen LogP contribution in [-0.2, 0) is 4.79 Å². The number of fused-ring (bicyclic) bond motifs is 1. The van der Waals surface area contributed by atoms with E-state index in [0.29, 0.717) is 12.0 Å². The monoisotopic (exact) mass is 259 g/mol.